The lowest BCUT2D eigenvalue weighted by Gasteiger charge is -2.09. The number of anilines is 1. The van der Waals surface area contributed by atoms with Crippen LogP contribution in [0.1, 0.15) is 15.9 Å². The number of amides is 1. The molecule has 4 aromatic rings. The van der Waals surface area contributed by atoms with Crippen LogP contribution in [0.25, 0.3) is 11.4 Å². The van der Waals surface area contributed by atoms with Gasteiger partial charge in [-0.1, -0.05) is 60.3 Å². The SMILES string of the molecule is C=CCn1c(SCc2ccc(C(=O)Nc3ccccc3)cc2)nnc1-c1ccccc1F. The molecule has 0 aliphatic carbocycles. The van der Waals surface area contributed by atoms with Crippen LogP contribution in [0.2, 0.25) is 0 Å². The maximum atomic E-state index is 14.2. The average molecular weight is 445 g/mol. The van der Waals surface area contributed by atoms with Crippen LogP contribution in [-0.2, 0) is 12.3 Å². The monoisotopic (exact) mass is 444 g/mol. The standard InChI is InChI=1S/C25H21FN4OS/c1-2-16-30-23(21-10-6-7-11-22(21)26)28-29-25(30)32-17-18-12-14-19(15-13-18)24(31)27-20-8-4-3-5-9-20/h2-15H,1,16-17H2,(H,27,31). The molecule has 3 aromatic carbocycles. The van der Waals surface area contributed by atoms with Crippen molar-refractivity contribution < 1.29 is 9.18 Å². The van der Waals surface area contributed by atoms with E-state index >= 15 is 0 Å². The largest absolute Gasteiger partial charge is 0.322 e. The molecule has 1 amide bonds. The van der Waals surface area contributed by atoms with E-state index in [-0.39, 0.29) is 11.7 Å². The summed E-state index contributed by atoms with van der Waals surface area (Å²) in [4.78, 5) is 12.4. The molecule has 0 saturated carbocycles. The van der Waals surface area contributed by atoms with Gasteiger partial charge in [0.25, 0.3) is 5.91 Å². The van der Waals surface area contributed by atoms with Crippen molar-refractivity contribution in [3.05, 3.63) is 108 Å². The Morgan fingerprint density at radius 2 is 1.72 bits per heavy atom. The number of carbonyl (C=O) groups is 1. The number of thioether (sulfide) groups is 1. The zero-order valence-corrected chi connectivity index (χ0v) is 18.1. The molecule has 4 rings (SSSR count). The highest BCUT2D eigenvalue weighted by Crippen LogP contribution is 2.28. The van der Waals surface area contributed by atoms with Gasteiger partial charge in [-0.3, -0.25) is 9.36 Å². The number of aromatic nitrogens is 3. The van der Waals surface area contributed by atoms with Crippen LogP contribution < -0.4 is 5.32 Å². The molecule has 0 radical (unpaired) electrons. The van der Waals surface area contributed by atoms with E-state index in [1.54, 1.807) is 36.4 Å². The summed E-state index contributed by atoms with van der Waals surface area (Å²) >= 11 is 1.50. The molecule has 7 heteroatoms. The maximum Gasteiger partial charge on any atom is 0.255 e. The maximum absolute atomic E-state index is 14.2. The number of halogens is 1. The quantitative estimate of drug-likeness (QED) is 0.275. The van der Waals surface area contributed by atoms with Gasteiger partial charge in [0, 0.05) is 23.5 Å². The Bertz CT molecular complexity index is 1220. The molecule has 32 heavy (non-hydrogen) atoms. The van der Waals surface area contributed by atoms with Crippen LogP contribution in [-0.4, -0.2) is 20.7 Å². The van der Waals surface area contributed by atoms with Crippen molar-refractivity contribution in [2.24, 2.45) is 0 Å². The van der Waals surface area contributed by atoms with Gasteiger partial charge < -0.3 is 5.32 Å². The molecule has 0 bridgehead atoms. The Labute approximate surface area is 190 Å². The normalized spacial score (nSPS) is 10.7. The lowest BCUT2D eigenvalue weighted by molar-refractivity contribution is 0.102. The van der Waals surface area contributed by atoms with Crippen molar-refractivity contribution >= 4 is 23.4 Å². The summed E-state index contributed by atoms with van der Waals surface area (Å²) in [6, 6.07) is 23.3. The molecule has 0 aliphatic heterocycles. The van der Waals surface area contributed by atoms with Gasteiger partial charge >= 0.3 is 0 Å². The fourth-order valence-electron chi connectivity index (χ4n) is 3.16. The van der Waals surface area contributed by atoms with Crippen LogP contribution in [0.4, 0.5) is 10.1 Å². The minimum atomic E-state index is -0.342. The van der Waals surface area contributed by atoms with Gasteiger partial charge in [0.1, 0.15) is 5.82 Å². The zero-order valence-electron chi connectivity index (χ0n) is 17.2. The van der Waals surface area contributed by atoms with Gasteiger partial charge in [0.05, 0.1) is 5.56 Å². The molecule has 0 unspecified atom stereocenters. The molecule has 1 heterocycles. The first kappa shape index (κ1) is 21.5. The minimum absolute atomic E-state index is 0.157. The summed E-state index contributed by atoms with van der Waals surface area (Å²) in [5, 5.41) is 12.0. The van der Waals surface area contributed by atoms with Crippen molar-refractivity contribution in [1.29, 1.82) is 0 Å². The van der Waals surface area contributed by atoms with Crippen molar-refractivity contribution in [2.45, 2.75) is 17.5 Å². The number of hydrogen-bond donors (Lipinski definition) is 1. The Kier molecular flexibility index (Phi) is 6.77. The van der Waals surface area contributed by atoms with Crippen molar-refractivity contribution in [3.63, 3.8) is 0 Å². The molecule has 0 spiro atoms. The number of para-hydroxylation sites is 1. The third kappa shape index (κ3) is 4.95. The predicted molar refractivity (Wildman–Crippen MR) is 126 cm³/mol. The van der Waals surface area contributed by atoms with E-state index in [2.05, 4.69) is 22.1 Å². The molecule has 160 valence electrons. The fraction of sp³-hybridized carbons (Fsp3) is 0.0800. The summed E-state index contributed by atoms with van der Waals surface area (Å²) in [6.45, 7) is 4.26. The topological polar surface area (TPSA) is 59.8 Å². The van der Waals surface area contributed by atoms with Crippen molar-refractivity contribution in [3.8, 4) is 11.4 Å². The first-order chi connectivity index (χ1) is 15.7. The molecule has 5 nitrogen and oxygen atoms in total. The van der Waals surface area contributed by atoms with E-state index in [0.717, 1.165) is 11.3 Å². The lowest BCUT2D eigenvalue weighted by atomic mass is 10.1. The number of hydrogen-bond acceptors (Lipinski definition) is 4. The second-order valence-electron chi connectivity index (χ2n) is 6.99. The highest BCUT2D eigenvalue weighted by atomic mass is 32.2. The molecule has 0 aliphatic rings. The van der Waals surface area contributed by atoms with E-state index in [9.17, 15) is 9.18 Å². The van der Waals surface area contributed by atoms with Crippen molar-refractivity contribution in [1.82, 2.24) is 14.8 Å². The van der Waals surface area contributed by atoms with Crippen LogP contribution in [0.15, 0.2) is 96.7 Å². The van der Waals surface area contributed by atoms with Crippen molar-refractivity contribution in [2.75, 3.05) is 5.32 Å². The Hall–Kier alpha value is -3.71. The predicted octanol–water partition coefficient (Wildman–Crippen LogP) is 5.81. The van der Waals surface area contributed by atoms with E-state index in [4.69, 9.17) is 0 Å². The van der Waals surface area contributed by atoms with Crippen LogP contribution in [0, 0.1) is 5.82 Å². The Morgan fingerprint density at radius 3 is 2.44 bits per heavy atom. The molecule has 0 fully saturated rings. The highest BCUT2D eigenvalue weighted by molar-refractivity contribution is 7.98. The number of carbonyl (C=O) groups excluding carboxylic acids is 1. The fourth-order valence-corrected chi connectivity index (χ4v) is 4.06. The average Bonchev–Trinajstić information content (AvgIpc) is 3.21. The molecule has 0 atom stereocenters. The first-order valence-electron chi connectivity index (χ1n) is 10.0. The molecule has 1 aromatic heterocycles. The number of benzene rings is 3. The molecule has 1 N–H and O–H groups in total. The minimum Gasteiger partial charge on any atom is -0.322 e. The van der Waals surface area contributed by atoms with Gasteiger partial charge in [-0.15, -0.1) is 16.8 Å². The summed E-state index contributed by atoms with van der Waals surface area (Å²) < 4.78 is 16.1. The number of nitrogens with zero attached hydrogens (tertiary/aromatic N) is 3. The molecule has 0 saturated heterocycles. The third-order valence-corrected chi connectivity index (χ3v) is 5.80. The number of nitrogens with one attached hydrogen (secondary N) is 1. The summed E-state index contributed by atoms with van der Waals surface area (Å²) in [5.41, 5.74) is 2.78. The van der Waals surface area contributed by atoms with E-state index in [0.29, 0.717) is 34.4 Å². The highest BCUT2D eigenvalue weighted by Gasteiger charge is 2.16. The second-order valence-corrected chi connectivity index (χ2v) is 7.93. The lowest BCUT2D eigenvalue weighted by Crippen LogP contribution is -2.11. The van der Waals surface area contributed by atoms with E-state index < -0.39 is 0 Å². The first-order valence-corrected chi connectivity index (χ1v) is 11.0. The second kappa shape index (κ2) is 10.1. The van der Waals surface area contributed by atoms with E-state index in [1.165, 1.54) is 17.8 Å². The van der Waals surface area contributed by atoms with Gasteiger partial charge in [-0.2, -0.15) is 0 Å². The number of allylic oxidation sites excluding steroid dienone is 1. The van der Waals surface area contributed by atoms with E-state index in [1.807, 2.05) is 47.0 Å². The van der Waals surface area contributed by atoms with Gasteiger partial charge in [-0.05, 0) is 42.0 Å². The Morgan fingerprint density at radius 1 is 1.00 bits per heavy atom. The summed E-state index contributed by atoms with van der Waals surface area (Å²) in [7, 11) is 0. The molecular formula is C25H21FN4OS. The zero-order chi connectivity index (χ0) is 22.3. The van der Waals surface area contributed by atoms with Crippen LogP contribution >= 0.6 is 11.8 Å². The Balaban J connectivity index is 1.45. The summed E-state index contributed by atoms with van der Waals surface area (Å²) in [6.07, 6.45) is 1.73. The smallest absolute Gasteiger partial charge is 0.255 e. The van der Waals surface area contributed by atoms with Gasteiger partial charge in [-0.25, -0.2) is 4.39 Å². The molecular weight excluding hydrogens is 423 g/mol. The van der Waals surface area contributed by atoms with Gasteiger partial charge in [0.15, 0.2) is 11.0 Å². The number of rotatable bonds is 8. The van der Waals surface area contributed by atoms with Crippen LogP contribution in [0.3, 0.4) is 0 Å². The summed E-state index contributed by atoms with van der Waals surface area (Å²) in [5.74, 6) is 0.605. The van der Waals surface area contributed by atoms with Crippen LogP contribution in [0.5, 0.6) is 0 Å². The van der Waals surface area contributed by atoms with Gasteiger partial charge in [0.2, 0.25) is 0 Å². The third-order valence-electron chi connectivity index (χ3n) is 4.76.